The Morgan fingerprint density at radius 2 is 2.00 bits per heavy atom. The summed E-state index contributed by atoms with van der Waals surface area (Å²) in [6, 6.07) is 17.5. The van der Waals surface area contributed by atoms with Gasteiger partial charge in [-0.15, -0.1) is 0 Å². The molecule has 37 heavy (non-hydrogen) atoms. The van der Waals surface area contributed by atoms with Gasteiger partial charge in [0, 0.05) is 25.3 Å². The van der Waals surface area contributed by atoms with Crippen molar-refractivity contribution in [2.75, 3.05) is 19.7 Å². The van der Waals surface area contributed by atoms with Gasteiger partial charge in [0.25, 0.3) is 5.91 Å². The summed E-state index contributed by atoms with van der Waals surface area (Å²) in [6.45, 7) is 1.23. The first-order valence-corrected chi connectivity index (χ1v) is 13.2. The van der Waals surface area contributed by atoms with E-state index in [1.807, 2.05) is 17.5 Å². The number of nitrogens with zero attached hydrogens (tertiary/aromatic N) is 1. The molecule has 4 rings (SSSR count). The lowest BCUT2D eigenvalue weighted by molar-refractivity contribution is -0.125. The summed E-state index contributed by atoms with van der Waals surface area (Å²) in [7, 11) is 0. The number of aliphatic hydroxyl groups excluding tert-OH is 1. The number of nitrogens with one attached hydrogen (secondary N) is 3. The number of hydrogen-bond acceptors (Lipinski definition) is 7. The number of ether oxygens (including phenoxy) is 1. The van der Waals surface area contributed by atoms with Crippen LogP contribution in [0.3, 0.4) is 0 Å². The van der Waals surface area contributed by atoms with Crippen molar-refractivity contribution in [1.29, 1.82) is 0 Å². The van der Waals surface area contributed by atoms with Crippen molar-refractivity contribution in [1.82, 2.24) is 20.9 Å². The highest BCUT2D eigenvalue weighted by atomic mass is 32.2. The van der Waals surface area contributed by atoms with Gasteiger partial charge in [0.2, 0.25) is 5.91 Å². The predicted octanol–water partition coefficient (Wildman–Crippen LogP) is 2.63. The van der Waals surface area contributed by atoms with E-state index < -0.39 is 12.1 Å². The Hall–Kier alpha value is -3.68. The fraction of sp³-hybridized carbons (Fsp3) is 0.370. The van der Waals surface area contributed by atoms with Crippen LogP contribution < -0.4 is 16.0 Å². The summed E-state index contributed by atoms with van der Waals surface area (Å²) < 4.78 is 5.40. The zero-order valence-corrected chi connectivity index (χ0v) is 21.2. The van der Waals surface area contributed by atoms with E-state index in [9.17, 15) is 14.4 Å². The number of thioether (sulfide) groups is 1. The molecule has 0 radical (unpaired) electrons. The van der Waals surface area contributed by atoms with Crippen LogP contribution in [-0.2, 0) is 16.1 Å². The molecule has 2 aromatic rings. The van der Waals surface area contributed by atoms with Crippen molar-refractivity contribution in [3.05, 3.63) is 76.7 Å². The van der Waals surface area contributed by atoms with Gasteiger partial charge in [0.05, 0.1) is 5.70 Å². The third kappa shape index (κ3) is 7.18. The molecule has 9 nitrogen and oxygen atoms in total. The number of aliphatic hydroxyl groups is 1. The molecule has 4 N–H and O–H groups in total. The standard InChI is InChI=1S/C27H30N4O5S/c32-16-5-4-14-28-24(33)21-12-10-20(11-13-21)22-18-37-26(29-22)30-25(34)23-9-6-15-31(23)27(35)36-17-19-7-2-1-3-8-19/h2,7-8,10-13,18,23,26,29,32H,4-6,9,14-17H2,(H,28,33)(H,30,34)/t23-,26?/m0/s1. The van der Waals surface area contributed by atoms with Gasteiger partial charge in [0.1, 0.15) is 12.6 Å². The molecule has 1 saturated heterocycles. The number of carbonyl (C=O) groups is 3. The maximum atomic E-state index is 13.0. The number of unbranched alkanes of at least 4 members (excludes halogenated alkanes) is 1. The maximum Gasteiger partial charge on any atom is 0.410 e. The largest absolute Gasteiger partial charge is 0.445 e. The normalized spacial score (nSPS) is 18.4. The number of amides is 3. The molecule has 1 fully saturated rings. The van der Waals surface area contributed by atoms with Gasteiger partial charge in [0.15, 0.2) is 5.50 Å². The van der Waals surface area contributed by atoms with Crippen molar-refractivity contribution in [2.45, 2.75) is 43.8 Å². The fourth-order valence-corrected chi connectivity index (χ4v) is 4.94. The van der Waals surface area contributed by atoms with E-state index in [4.69, 9.17) is 9.84 Å². The summed E-state index contributed by atoms with van der Waals surface area (Å²) in [5, 5.41) is 19.8. The van der Waals surface area contributed by atoms with Crippen molar-refractivity contribution in [3.63, 3.8) is 0 Å². The van der Waals surface area contributed by atoms with E-state index in [-0.39, 0.29) is 30.5 Å². The summed E-state index contributed by atoms with van der Waals surface area (Å²) in [5.74, 6) is -0.387. The van der Waals surface area contributed by atoms with Gasteiger partial charge in [-0.05, 0) is 72.6 Å². The number of carbonyl (C=O) groups excluding carboxylic acids is 3. The van der Waals surface area contributed by atoms with Crippen LogP contribution in [0.25, 0.3) is 5.70 Å². The van der Waals surface area contributed by atoms with Crippen LogP contribution in [0.4, 0.5) is 4.79 Å². The zero-order valence-electron chi connectivity index (χ0n) is 20.4. The van der Waals surface area contributed by atoms with E-state index in [0.717, 1.165) is 29.7 Å². The third-order valence-electron chi connectivity index (χ3n) is 6.08. The van der Waals surface area contributed by atoms with Crippen molar-refractivity contribution in [2.24, 2.45) is 0 Å². The highest BCUT2D eigenvalue weighted by Crippen LogP contribution is 2.27. The average molecular weight is 523 g/mol. The van der Waals surface area contributed by atoms with Crippen LogP contribution in [-0.4, -0.2) is 59.2 Å². The first-order valence-electron chi connectivity index (χ1n) is 12.3. The van der Waals surface area contributed by atoms with Crippen molar-refractivity contribution in [3.8, 4) is 0 Å². The van der Waals surface area contributed by atoms with Gasteiger partial charge in [-0.25, -0.2) is 4.79 Å². The molecular weight excluding hydrogens is 492 g/mol. The zero-order chi connectivity index (χ0) is 26.0. The topological polar surface area (TPSA) is 120 Å². The highest BCUT2D eigenvalue weighted by Gasteiger charge is 2.36. The molecule has 2 aliphatic rings. The number of hydrogen-bond donors (Lipinski definition) is 4. The Bertz CT molecular complexity index is 1110. The van der Waals surface area contributed by atoms with Crippen LogP contribution in [0.5, 0.6) is 0 Å². The van der Waals surface area contributed by atoms with Crippen molar-refractivity contribution >= 4 is 35.4 Å². The molecule has 2 heterocycles. The second-order valence-electron chi connectivity index (χ2n) is 8.71. The Morgan fingerprint density at radius 1 is 1.16 bits per heavy atom. The first kappa shape index (κ1) is 26.4. The minimum atomic E-state index is -0.579. The van der Waals surface area contributed by atoms with E-state index >= 15 is 0 Å². The van der Waals surface area contributed by atoms with Crippen molar-refractivity contribution < 1.29 is 24.2 Å². The SMILES string of the molecule is O=C(NCCCCO)c1ccc(C2=CSC(NC(=O)[C@@H]3CCCN3C(=O)OCc3cc#ccc3)N2)cc1. The van der Waals surface area contributed by atoms with Gasteiger partial charge in [-0.3, -0.25) is 14.5 Å². The minimum absolute atomic E-state index is 0.116. The predicted molar refractivity (Wildman–Crippen MR) is 140 cm³/mol. The molecule has 194 valence electrons. The highest BCUT2D eigenvalue weighted by molar-refractivity contribution is 8.03. The third-order valence-corrected chi connectivity index (χ3v) is 6.96. The lowest BCUT2D eigenvalue weighted by Gasteiger charge is -2.25. The quantitative estimate of drug-likeness (QED) is 0.354. The lowest BCUT2D eigenvalue weighted by atomic mass is 10.1. The van der Waals surface area contributed by atoms with Crippen LogP contribution >= 0.6 is 11.8 Å². The molecule has 1 unspecified atom stereocenters. The Morgan fingerprint density at radius 3 is 2.76 bits per heavy atom. The number of benzene rings is 1. The Balaban J connectivity index is 1.24. The second-order valence-corrected chi connectivity index (χ2v) is 9.69. The molecule has 2 aromatic carbocycles. The lowest BCUT2D eigenvalue weighted by Crippen LogP contribution is -2.50. The summed E-state index contributed by atoms with van der Waals surface area (Å²) in [4.78, 5) is 39.3. The summed E-state index contributed by atoms with van der Waals surface area (Å²) >= 11 is 1.43. The molecule has 2 atom stereocenters. The second kappa shape index (κ2) is 13.0. The van der Waals surface area contributed by atoms with E-state index in [0.29, 0.717) is 31.5 Å². The molecule has 0 aliphatic carbocycles. The van der Waals surface area contributed by atoms with Crippen LogP contribution in [0.2, 0.25) is 0 Å². The van der Waals surface area contributed by atoms with Gasteiger partial charge in [-0.1, -0.05) is 36.0 Å². The van der Waals surface area contributed by atoms with Crippen LogP contribution in [0.15, 0.2) is 47.9 Å². The monoisotopic (exact) mass is 522 g/mol. The molecule has 10 heteroatoms. The summed E-state index contributed by atoms with van der Waals surface area (Å²) in [6.07, 6.45) is 2.19. The van der Waals surface area contributed by atoms with Gasteiger partial charge < -0.3 is 25.8 Å². The average Bonchev–Trinajstić information content (AvgIpc) is 3.61. The molecule has 3 amide bonds. The number of likely N-dealkylation sites (tertiary alicyclic amines) is 1. The molecule has 0 saturated carbocycles. The Labute approximate surface area is 220 Å². The van der Waals surface area contributed by atoms with E-state index in [1.165, 1.54) is 16.7 Å². The maximum absolute atomic E-state index is 13.0. The number of rotatable bonds is 10. The van der Waals surface area contributed by atoms with E-state index in [1.54, 1.807) is 30.3 Å². The molecule has 2 aliphatic heterocycles. The van der Waals surface area contributed by atoms with Gasteiger partial charge in [-0.2, -0.15) is 0 Å². The smallest absolute Gasteiger partial charge is 0.410 e. The first-order chi connectivity index (χ1) is 18.0. The van der Waals surface area contributed by atoms with Crippen LogP contribution in [0.1, 0.15) is 47.2 Å². The van der Waals surface area contributed by atoms with Gasteiger partial charge >= 0.3 is 6.09 Å². The molecule has 0 bridgehead atoms. The molecule has 0 aromatic heterocycles. The minimum Gasteiger partial charge on any atom is -0.445 e. The van der Waals surface area contributed by atoms with Crippen LogP contribution in [0, 0.1) is 12.1 Å². The van der Waals surface area contributed by atoms with E-state index in [2.05, 4.69) is 28.1 Å². The molecular formula is C27H30N4O5S. The fourth-order valence-electron chi connectivity index (χ4n) is 4.09. The summed E-state index contributed by atoms with van der Waals surface area (Å²) in [5.41, 5.74) is 2.73. The Kier molecular flexibility index (Phi) is 9.29. The molecule has 0 spiro atoms.